The predicted octanol–water partition coefficient (Wildman–Crippen LogP) is 2.82. The first kappa shape index (κ1) is 15.0. The molecular weight excluding hydrogens is 292 g/mol. The van der Waals surface area contributed by atoms with Crippen LogP contribution in [0.1, 0.15) is 27.0 Å². The van der Waals surface area contributed by atoms with Gasteiger partial charge < -0.3 is 5.11 Å². The van der Waals surface area contributed by atoms with Crippen LogP contribution in [0, 0.1) is 12.7 Å². The van der Waals surface area contributed by atoms with E-state index in [0.717, 1.165) is 23.9 Å². The van der Waals surface area contributed by atoms with Gasteiger partial charge in [-0.15, -0.1) is 0 Å². The summed E-state index contributed by atoms with van der Waals surface area (Å²) in [4.78, 5) is 12.2. The Bertz CT molecular complexity index is 720. The Balaban J connectivity index is 2.54. The fourth-order valence-corrected chi connectivity index (χ4v) is 1.89. The van der Waals surface area contributed by atoms with Crippen molar-refractivity contribution in [3.8, 4) is 5.88 Å². The second-order valence-corrected chi connectivity index (χ2v) is 4.43. The quantitative estimate of drug-likeness (QED) is 0.685. The van der Waals surface area contributed by atoms with Gasteiger partial charge in [0.15, 0.2) is 5.78 Å². The van der Waals surface area contributed by atoms with Crippen molar-refractivity contribution in [2.45, 2.75) is 13.1 Å². The van der Waals surface area contributed by atoms with Crippen molar-refractivity contribution in [2.75, 3.05) is 0 Å². The molecular formula is C13H10F4N2O2. The van der Waals surface area contributed by atoms with Crippen LogP contribution in [-0.2, 0) is 13.2 Å². The summed E-state index contributed by atoms with van der Waals surface area (Å²) in [6.45, 7) is 1.07. The Hall–Kier alpha value is -2.38. The second kappa shape index (κ2) is 4.87. The van der Waals surface area contributed by atoms with Crippen LogP contribution < -0.4 is 0 Å². The molecule has 21 heavy (non-hydrogen) atoms. The van der Waals surface area contributed by atoms with Crippen LogP contribution in [0.25, 0.3) is 0 Å². The Morgan fingerprint density at radius 3 is 2.38 bits per heavy atom. The lowest BCUT2D eigenvalue weighted by atomic mass is 9.97. The number of benzene rings is 1. The number of carbonyl (C=O) groups is 1. The highest BCUT2D eigenvalue weighted by atomic mass is 19.4. The minimum atomic E-state index is -4.84. The van der Waals surface area contributed by atoms with Crippen molar-refractivity contribution < 1.29 is 27.5 Å². The molecule has 1 aromatic heterocycles. The van der Waals surface area contributed by atoms with Crippen LogP contribution >= 0.6 is 0 Å². The molecule has 1 N–H and O–H groups in total. The molecule has 1 heterocycles. The molecule has 0 radical (unpaired) electrons. The molecule has 0 atom stereocenters. The number of hydrogen-bond donors (Lipinski definition) is 1. The number of nitrogens with zero attached hydrogens (tertiary/aromatic N) is 2. The third-order valence-corrected chi connectivity index (χ3v) is 3.09. The zero-order chi connectivity index (χ0) is 15.9. The van der Waals surface area contributed by atoms with Gasteiger partial charge in [-0.05, 0) is 24.6 Å². The maximum Gasteiger partial charge on any atom is 0.419 e. The largest absolute Gasteiger partial charge is 0.493 e. The molecule has 112 valence electrons. The summed E-state index contributed by atoms with van der Waals surface area (Å²) < 4.78 is 52.5. The standard InChI is InChI=1S/C13H10F4N2O2/c1-6-7(3-4-9(10(6)14)13(15,16)17)11(20)8-5-18-19(2)12(8)21/h3-5,21H,1-2H3. The van der Waals surface area contributed by atoms with Crippen LogP contribution in [0.4, 0.5) is 17.6 Å². The molecule has 0 bridgehead atoms. The summed E-state index contributed by atoms with van der Waals surface area (Å²) in [7, 11) is 1.38. The van der Waals surface area contributed by atoms with Crippen molar-refractivity contribution in [3.63, 3.8) is 0 Å². The fourth-order valence-electron chi connectivity index (χ4n) is 1.89. The van der Waals surface area contributed by atoms with Crippen molar-refractivity contribution in [1.82, 2.24) is 9.78 Å². The molecule has 0 saturated carbocycles. The van der Waals surface area contributed by atoms with Gasteiger partial charge >= 0.3 is 6.18 Å². The highest BCUT2D eigenvalue weighted by molar-refractivity contribution is 6.11. The number of carbonyl (C=O) groups excluding carboxylic acids is 1. The molecule has 0 aliphatic carbocycles. The van der Waals surface area contributed by atoms with Gasteiger partial charge in [0.2, 0.25) is 5.88 Å². The summed E-state index contributed by atoms with van der Waals surface area (Å²) in [5.41, 5.74) is -2.34. The summed E-state index contributed by atoms with van der Waals surface area (Å²) in [6, 6.07) is 1.39. The van der Waals surface area contributed by atoms with Crippen molar-refractivity contribution in [2.24, 2.45) is 7.05 Å². The van der Waals surface area contributed by atoms with E-state index in [1.165, 1.54) is 7.05 Å². The molecule has 2 aromatic rings. The number of hydrogen-bond acceptors (Lipinski definition) is 3. The second-order valence-electron chi connectivity index (χ2n) is 4.43. The van der Waals surface area contributed by atoms with E-state index < -0.39 is 34.8 Å². The SMILES string of the molecule is Cc1c(C(=O)c2cnn(C)c2O)ccc(C(F)(F)F)c1F. The Kier molecular flexibility index (Phi) is 3.48. The molecule has 0 saturated heterocycles. The van der Waals surface area contributed by atoms with Crippen LogP contribution in [-0.4, -0.2) is 20.7 Å². The molecule has 2 rings (SSSR count). The number of alkyl halides is 3. The molecule has 0 aliphatic rings. The van der Waals surface area contributed by atoms with Gasteiger partial charge in [-0.2, -0.15) is 18.3 Å². The molecule has 8 heteroatoms. The van der Waals surface area contributed by atoms with E-state index in [1.807, 2.05) is 0 Å². The van der Waals surface area contributed by atoms with Crippen molar-refractivity contribution >= 4 is 5.78 Å². The molecule has 0 aliphatic heterocycles. The summed E-state index contributed by atoms with van der Waals surface area (Å²) >= 11 is 0. The zero-order valence-electron chi connectivity index (χ0n) is 11.0. The molecule has 1 aromatic carbocycles. The van der Waals surface area contributed by atoms with E-state index in [0.29, 0.717) is 6.07 Å². The molecule has 4 nitrogen and oxygen atoms in total. The molecule has 0 spiro atoms. The Labute approximate surface area is 116 Å². The van der Waals surface area contributed by atoms with Gasteiger partial charge in [0, 0.05) is 12.6 Å². The lowest BCUT2D eigenvalue weighted by Gasteiger charge is -2.12. The minimum absolute atomic E-state index is 0.209. The van der Waals surface area contributed by atoms with Gasteiger partial charge in [-0.1, -0.05) is 0 Å². The first-order valence-corrected chi connectivity index (χ1v) is 5.76. The smallest absolute Gasteiger partial charge is 0.419 e. The highest BCUT2D eigenvalue weighted by Gasteiger charge is 2.35. The topological polar surface area (TPSA) is 55.1 Å². The lowest BCUT2D eigenvalue weighted by Crippen LogP contribution is -2.12. The van der Waals surface area contributed by atoms with Gasteiger partial charge in [0.05, 0.1) is 11.8 Å². The van der Waals surface area contributed by atoms with Gasteiger partial charge in [-0.25, -0.2) is 9.07 Å². The predicted molar refractivity (Wildman–Crippen MR) is 64.4 cm³/mol. The van der Waals surface area contributed by atoms with Gasteiger partial charge in [0.1, 0.15) is 11.4 Å². The molecule has 0 unspecified atom stereocenters. The van der Waals surface area contributed by atoms with E-state index in [4.69, 9.17) is 0 Å². The highest BCUT2D eigenvalue weighted by Crippen LogP contribution is 2.34. The average Bonchev–Trinajstić information content (AvgIpc) is 2.71. The third-order valence-electron chi connectivity index (χ3n) is 3.09. The number of aryl methyl sites for hydroxylation is 1. The van der Waals surface area contributed by atoms with Gasteiger partial charge in [-0.3, -0.25) is 4.79 Å². The number of aromatic nitrogens is 2. The van der Waals surface area contributed by atoms with Crippen molar-refractivity contribution in [3.05, 3.63) is 46.4 Å². The third kappa shape index (κ3) is 2.48. The number of ketones is 1. The Morgan fingerprint density at radius 2 is 1.90 bits per heavy atom. The van der Waals surface area contributed by atoms with Crippen molar-refractivity contribution in [1.29, 1.82) is 0 Å². The average molecular weight is 302 g/mol. The zero-order valence-corrected chi connectivity index (χ0v) is 11.0. The number of halogens is 4. The van der Waals surface area contributed by atoms with E-state index in [9.17, 15) is 27.5 Å². The maximum atomic E-state index is 13.8. The summed E-state index contributed by atoms with van der Waals surface area (Å²) in [6.07, 6.45) is -3.78. The summed E-state index contributed by atoms with van der Waals surface area (Å²) in [5.74, 6) is -2.75. The maximum absolute atomic E-state index is 13.8. The molecule has 0 fully saturated rings. The normalized spacial score (nSPS) is 11.7. The van der Waals surface area contributed by atoms with Gasteiger partial charge in [0.25, 0.3) is 0 Å². The van der Waals surface area contributed by atoms with E-state index in [-0.39, 0.29) is 11.1 Å². The molecule has 0 amide bonds. The minimum Gasteiger partial charge on any atom is -0.493 e. The van der Waals surface area contributed by atoms with Crippen LogP contribution in [0.2, 0.25) is 0 Å². The van der Waals surface area contributed by atoms with E-state index in [1.54, 1.807) is 0 Å². The summed E-state index contributed by atoms with van der Waals surface area (Å²) in [5, 5.41) is 13.3. The monoisotopic (exact) mass is 302 g/mol. The first-order chi connectivity index (χ1) is 9.64. The van der Waals surface area contributed by atoms with E-state index in [2.05, 4.69) is 5.10 Å². The van der Waals surface area contributed by atoms with E-state index >= 15 is 0 Å². The fraction of sp³-hybridized carbons (Fsp3) is 0.231. The number of aromatic hydroxyl groups is 1. The van der Waals surface area contributed by atoms with Crippen LogP contribution in [0.5, 0.6) is 5.88 Å². The van der Waals surface area contributed by atoms with Crippen LogP contribution in [0.3, 0.4) is 0 Å². The number of rotatable bonds is 2. The Morgan fingerprint density at radius 1 is 1.29 bits per heavy atom. The first-order valence-electron chi connectivity index (χ1n) is 5.76. The van der Waals surface area contributed by atoms with Crippen LogP contribution in [0.15, 0.2) is 18.3 Å². The lowest BCUT2D eigenvalue weighted by molar-refractivity contribution is -0.140.